The lowest BCUT2D eigenvalue weighted by atomic mass is 9.87. The molecule has 1 N–H and O–H groups in total. The Labute approximate surface area is 111 Å². The molecule has 0 aromatic heterocycles. The smallest absolute Gasteiger partial charge is 0.0163 e. The van der Waals surface area contributed by atoms with Crippen LogP contribution in [0, 0.1) is 5.41 Å². The molecule has 0 bridgehead atoms. The van der Waals surface area contributed by atoms with Crippen LogP contribution in [0.1, 0.15) is 52.4 Å². The summed E-state index contributed by atoms with van der Waals surface area (Å²) < 4.78 is 0. The molecule has 1 aliphatic carbocycles. The highest BCUT2D eigenvalue weighted by atomic mass is 32.2. The second kappa shape index (κ2) is 6.29. The maximum absolute atomic E-state index is 3.76. The number of hydrogen-bond acceptors (Lipinski definition) is 2. The van der Waals surface area contributed by atoms with Crippen molar-refractivity contribution in [2.45, 2.75) is 58.4 Å². The molecule has 17 heavy (non-hydrogen) atoms. The second-order valence-corrected chi connectivity index (χ2v) is 7.42. The molecule has 2 rings (SSSR count). The summed E-state index contributed by atoms with van der Waals surface area (Å²) >= 11 is 2.12. The van der Waals surface area contributed by atoms with Crippen LogP contribution in [-0.4, -0.2) is 24.1 Å². The molecule has 0 spiro atoms. The molecular weight excluding hydrogens is 226 g/mol. The van der Waals surface area contributed by atoms with Gasteiger partial charge < -0.3 is 5.32 Å². The Bertz CT molecular complexity index is 270. The lowest BCUT2D eigenvalue weighted by Gasteiger charge is -2.35. The monoisotopic (exact) mass is 253 g/mol. The van der Waals surface area contributed by atoms with Crippen molar-refractivity contribution >= 4 is 11.8 Å². The van der Waals surface area contributed by atoms with Crippen molar-refractivity contribution in [3.63, 3.8) is 0 Å². The Hall–Kier alpha value is 0.0500. The van der Waals surface area contributed by atoms with Crippen molar-refractivity contribution in [1.82, 2.24) is 5.32 Å². The Morgan fingerprint density at radius 3 is 3.00 bits per heavy atom. The van der Waals surface area contributed by atoms with Crippen LogP contribution in [0.4, 0.5) is 0 Å². The molecule has 1 fully saturated rings. The van der Waals surface area contributed by atoms with E-state index in [1.807, 2.05) is 0 Å². The normalized spacial score (nSPS) is 28.8. The minimum Gasteiger partial charge on any atom is -0.313 e. The summed E-state index contributed by atoms with van der Waals surface area (Å²) in [5, 5.41) is 3.76. The van der Waals surface area contributed by atoms with Gasteiger partial charge in [-0.15, -0.1) is 0 Å². The van der Waals surface area contributed by atoms with Crippen LogP contribution in [0.15, 0.2) is 11.6 Å². The van der Waals surface area contributed by atoms with Crippen molar-refractivity contribution in [3.8, 4) is 0 Å². The minimum absolute atomic E-state index is 0.532. The first-order valence-electron chi connectivity index (χ1n) is 7.15. The topological polar surface area (TPSA) is 12.0 Å². The van der Waals surface area contributed by atoms with E-state index < -0.39 is 0 Å². The van der Waals surface area contributed by atoms with Gasteiger partial charge in [0.15, 0.2) is 0 Å². The highest BCUT2D eigenvalue weighted by Crippen LogP contribution is 2.33. The molecule has 2 aliphatic rings. The van der Waals surface area contributed by atoms with Crippen LogP contribution in [0.2, 0.25) is 0 Å². The van der Waals surface area contributed by atoms with Gasteiger partial charge in [-0.3, -0.25) is 0 Å². The number of hydrogen-bond donors (Lipinski definition) is 1. The summed E-state index contributed by atoms with van der Waals surface area (Å²) in [5.41, 5.74) is 2.23. The average Bonchev–Trinajstić information content (AvgIpc) is 2.29. The zero-order valence-corrected chi connectivity index (χ0v) is 12.2. The van der Waals surface area contributed by atoms with Gasteiger partial charge in [0.05, 0.1) is 0 Å². The fourth-order valence-electron chi connectivity index (χ4n) is 2.96. The third kappa shape index (κ3) is 4.67. The van der Waals surface area contributed by atoms with E-state index in [9.17, 15) is 0 Å². The fourth-order valence-corrected chi connectivity index (χ4v) is 4.27. The highest BCUT2D eigenvalue weighted by Gasteiger charge is 2.27. The molecule has 0 amide bonds. The Balaban J connectivity index is 1.66. The molecule has 1 heterocycles. The number of allylic oxidation sites excluding steroid dienone is 1. The summed E-state index contributed by atoms with van der Waals surface area (Å²) in [4.78, 5) is 0. The van der Waals surface area contributed by atoms with E-state index in [2.05, 4.69) is 37.0 Å². The van der Waals surface area contributed by atoms with E-state index in [4.69, 9.17) is 0 Å². The van der Waals surface area contributed by atoms with E-state index in [0.29, 0.717) is 5.41 Å². The maximum Gasteiger partial charge on any atom is 0.0163 e. The molecule has 98 valence electrons. The number of nitrogens with one attached hydrogen (secondary N) is 1. The predicted octanol–water partition coefficient (Wildman–Crippen LogP) is 4.00. The Morgan fingerprint density at radius 1 is 1.41 bits per heavy atom. The molecule has 0 aromatic carbocycles. The number of rotatable bonds is 4. The summed E-state index contributed by atoms with van der Waals surface area (Å²) in [6.07, 6.45) is 10.6. The van der Waals surface area contributed by atoms with Crippen LogP contribution in [-0.2, 0) is 0 Å². The van der Waals surface area contributed by atoms with Crippen molar-refractivity contribution < 1.29 is 0 Å². The van der Waals surface area contributed by atoms with Crippen LogP contribution in [0.25, 0.3) is 0 Å². The molecule has 1 atom stereocenters. The molecule has 1 nitrogen and oxygen atoms in total. The van der Waals surface area contributed by atoms with Gasteiger partial charge in [-0.05, 0) is 56.2 Å². The van der Waals surface area contributed by atoms with E-state index in [1.54, 1.807) is 5.57 Å². The minimum atomic E-state index is 0.532. The fraction of sp³-hybridized carbons (Fsp3) is 0.867. The Morgan fingerprint density at radius 2 is 2.29 bits per heavy atom. The molecule has 0 aromatic rings. The second-order valence-electron chi connectivity index (χ2n) is 6.39. The first-order valence-corrected chi connectivity index (χ1v) is 8.30. The van der Waals surface area contributed by atoms with E-state index in [1.165, 1.54) is 56.6 Å². The Kier molecular flexibility index (Phi) is 4.98. The van der Waals surface area contributed by atoms with Gasteiger partial charge in [0.25, 0.3) is 0 Å². The molecule has 1 saturated heterocycles. The third-order valence-electron chi connectivity index (χ3n) is 3.87. The highest BCUT2D eigenvalue weighted by molar-refractivity contribution is 7.99. The summed E-state index contributed by atoms with van der Waals surface area (Å²) in [6.45, 7) is 5.99. The zero-order chi connectivity index (χ0) is 12.1. The SMILES string of the molecule is CC1(C)CSCC(NCCC2=CCCCC2)C1. The van der Waals surface area contributed by atoms with Gasteiger partial charge in [-0.25, -0.2) is 0 Å². The van der Waals surface area contributed by atoms with Crippen molar-refractivity contribution in [1.29, 1.82) is 0 Å². The standard InChI is InChI=1S/C15H27NS/c1-15(2)10-14(11-17-12-15)16-9-8-13-6-4-3-5-7-13/h6,14,16H,3-5,7-12H2,1-2H3. The van der Waals surface area contributed by atoms with Gasteiger partial charge in [0, 0.05) is 11.8 Å². The average molecular weight is 253 g/mol. The lowest BCUT2D eigenvalue weighted by molar-refractivity contribution is 0.319. The molecule has 0 radical (unpaired) electrons. The van der Waals surface area contributed by atoms with Gasteiger partial charge in [0.2, 0.25) is 0 Å². The van der Waals surface area contributed by atoms with E-state index in [0.717, 1.165) is 6.04 Å². The van der Waals surface area contributed by atoms with Gasteiger partial charge in [-0.1, -0.05) is 25.5 Å². The first-order chi connectivity index (χ1) is 8.16. The molecule has 1 unspecified atom stereocenters. The molecule has 1 aliphatic heterocycles. The van der Waals surface area contributed by atoms with Crippen LogP contribution >= 0.6 is 11.8 Å². The van der Waals surface area contributed by atoms with Gasteiger partial charge >= 0.3 is 0 Å². The molecule has 0 saturated carbocycles. The van der Waals surface area contributed by atoms with Gasteiger partial charge in [-0.2, -0.15) is 11.8 Å². The largest absolute Gasteiger partial charge is 0.313 e. The van der Waals surface area contributed by atoms with Crippen molar-refractivity contribution in [3.05, 3.63) is 11.6 Å². The lowest BCUT2D eigenvalue weighted by Crippen LogP contribution is -2.40. The first kappa shape index (κ1) is 13.5. The van der Waals surface area contributed by atoms with Crippen LogP contribution in [0.3, 0.4) is 0 Å². The van der Waals surface area contributed by atoms with Crippen LogP contribution < -0.4 is 5.32 Å². The van der Waals surface area contributed by atoms with Crippen LogP contribution in [0.5, 0.6) is 0 Å². The predicted molar refractivity (Wildman–Crippen MR) is 78.7 cm³/mol. The van der Waals surface area contributed by atoms with E-state index in [-0.39, 0.29) is 0 Å². The molecule has 2 heteroatoms. The zero-order valence-electron chi connectivity index (χ0n) is 11.4. The summed E-state index contributed by atoms with van der Waals surface area (Å²) in [7, 11) is 0. The summed E-state index contributed by atoms with van der Waals surface area (Å²) in [5.74, 6) is 2.64. The quantitative estimate of drug-likeness (QED) is 0.760. The van der Waals surface area contributed by atoms with Crippen molar-refractivity contribution in [2.75, 3.05) is 18.1 Å². The maximum atomic E-state index is 3.76. The molecular formula is C15H27NS. The summed E-state index contributed by atoms with van der Waals surface area (Å²) in [6, 6.07) is 0.743. The van der Waals surface area contributed by atoms with Crippen molar-refractivity contribution in [2.24, 2.45) is 5.41 Å². The van der Waals surface area contributed by atoms with Gasteiger partial charge in [0.1, 0.15) is 0 Å². The third-order valence-corrected chi connectivity index (χ3v) is 5.50. The van der Waals surface area contributed by atoms with E-state index >= 15 is 0 Å². The number of thioether (sulfide) groups is 1.